The van der Waals surface area contributed by atoms with E-state index in [9.17, 15) is 4.79 Å². The van der Waals surface area contributed by atoms with Gasteiger partial charge in [-0.05, 0) is 24.6 Å². The summed E-state index contributed by atoms with van der Waals surface area (Å²) in [7, 11) is 3.44. The molecule has 0 amide bonds. The maximum absolute atomic E-state index is 10.4. The van der Waals surface area contributed by atoms with Crippen molar-refractivity contribution in [2.45, 2.75) is 6.92 Å². The van der Waals surface area contributed by atoms with Crippen molar-refractivity contribution < 1.29 is 14.6 Å². The Morgan fingerprint density at radius 1 is 1.56 bits per heavy atom. The fourth-order valence-corrected chi connectivity index (χ4v) is 1.94. The van der Waals surface area contributed by atoms with E-state index < -0.39 is 5.97 Å². The number of hydrogen-bond acceptors (Lipinski definition) is 3. The summed E-state index contributed by atoms with van der Waals surface area (Å²) in [5.74, 6) is -0.219. The first kappa shape index (κ1) is 14.4. The maximum Gasteiger partial charge on any atom is 0.328 e. The summed E-state index contributed by atoms with van der Waals surface area (Å²) in [6.45, 7) is 2.37. The lowest BCUT2D eigenvalue weighted by molar-refractivity contribution is -0.131. The standard InChI is InChI=1S/C13H16ClNO3/c1-9-7-10(14)8-11(13(9)18-3)15(2)6-4-5-12(16)17/h4-5,7-8H,6H2,1-3H3,(H,16,17)/b5-4+. The first-order valence-corrected chi connectivity index (χ1v) is 5.78. The highest BCUT2D eigenvalue weighted by Crippen LogP contribution is 2.34. The predicted octanol–water partition coefficient (Wildman–Crippen LogP) is 2.73. The molecule has 1 N–H and O–H groups in total. The zero-order chi connectivity index (χ0) is 13.7. The highest BCUT2D eigenvalue weighted by molar-refractivity contribution is 6.31. The molecule has 0 unspecified atom stereocenters. The van der Waals surface area contributed by atoms with Crippen LogP contribution >= 0.6 is 11.6 Å². The second kappa shape index (κ2) is 6.31. The third kappa shape index (κ3) is 3.67. The molecule has 1 aromatic carbocycles. The van der Waals surface area contributed by atoms with Crippen LogP contribution in [0, 0.1) is 6.92 Å². The van der Waals surface area contributed by atoms with Gasteiger partial charge in [0, 0.05) is 24.7 Å². The number of nitrogens with zero attached hydrogens (tertiary/aromatic N) is 1. The van der Waals surface area contributed by atoms with Crippen molar-refractivity contribution >= 4 is 23.3 Å². The van der Waals surface area contributed by atoms with E-state index in [0.717, 1.165) is 23.1 Å². The van der Waals surface area contributed by atoms with Crippen molar-refractivity contribution in [1.29, 1.82) is 0 Å². The van der Waals surface area contributed by atoms with Crippen LogP contribution in [0.4, 0.5) is 5.69 Å². The minimum atomic E-state index is -0.961. The van der Waals surface area contributed by atoms with Gasteiger partial charge in [0.2, 0.25) is 0 Å². The van der Waals surface area contributed by atoms with E-state index in [0.29, 0.717) is 11.6 Å². The number of likely N-dealkylation sites (N-methyl/N-ethyl adjacent to an activating group) is 1. The van der Waals surface area contributed by atoms with Gasteiger partial charge >= 0.3 is 5.97 Å². The molecule has 1 aromatic rings. The van der Waals surface area contributed by atoms with Crippen molar-refractivity contribution in [1.82, 2.24) is 0 Å². The second-order valence-electron chi connectivity index (χ2n) is 3.90. The topological polar surface area (TPSA) is 49.8 Å². The van der Waals surface area contributed by atoms with Gasteiger partial charge in [-0.2, -0.15) is 0 Å². The van der Waals surface area contributed by atoms with E-state index in [1.54, 1.807) is 19.3 Å². The number of aliphatic carboxylic acids is 1. The summed E-state index contributed by atoms with van der Waals surface area (Å²) in [4.78, 5) is 12.3. The maximum atomic E-state index is 10.4. The van der Waals surface area contributed by atoms with E-state index >= 15 is 0 Å². The summed E-state index contributed by atoms with van der Waals surface area (Å²) in [6.07, 6.45) is 2.68. The predicted molar refractivity (Wildman–Crippen MR) is 72.8 cm³/mol. The molecule has 0 saturated carbocycles. The molecule has 1 rings (SSSR count). The van der Waals surface area contributed by atoms with Crippen LogP contribution in [0.2, 0.25) is 5.02 Å². The number of carboxylic acids is 1. The number of ether oxygens (including phenoxy) is 1. The van der Waals surface area contributed by atoms with E-state index in [-0.39, 0.29) is 0 Å². The van der Waals surface area contributed by atoms with E-state index in [4.69, 9.17) is 21.4 Å². The molecule has 0 fully saturated rings. The number of carbonyl (C=O) groups is 1. The molecule has 5 heteroatoms. The van der Waals surface area contributed by atoms with Crippen LogP contribution in [0.3, 0.4) is 0 Å². The third-order valence-electron chi connectivity index (χ3n) is 2.47. The quantitative estimate of drug-likeness (QED) is 0.835. The number of aryl methyl sites for hydroxylation is 1. The Morgan fingerprint density at radius 2 is 2.22 bits per heavy atom. The molecule has 0 aliphatic heterocycles. The molecule has 0 saturated heterocycles. The summed E-state index contributed by atoms with van der Waals surface area (Å²) in [6, 6.07) is 3.62. The van der Waals surface area contributed by atoms with Crippen molar-refractivity contribution in [3.05, 3.63) is 34.9 Å². The highest BCUT2D eigenvalue weighted by Gasteiger charge is 2.11. The minimum Gasteiger partial charge on any atom is -0.494 e. The molecular weight excluding hydrogens is 254 g/mol. The van der Waals surface area contributed by atoms with Crippen molar-refractivity contribution in [3.8, 4) is 5.75 Å². The molecule has 0 bridgehead atoms. The Morgan fingerprint density at radius 3 is 2.78 bits per heavy atom. The molecule has 18 heavy (non-hydrogen) atoms. The van der Waals surface area contributed by atoms with Crippen molar-refractivity contribution in [3.63, 3.8) is 0 Å². The Hall–Kier alpha value is -1.68. The number of benzene rings is 1. The first-order chi connectivity index (χ1) is 8.45. The fraction of sp³-hybridized carbons (Fsp3) is 0.308. The zero-order valence-electron chi connectivity index (χ0n) is 10.6. The molecule has 0 spiro atoms. The number of halogens is 1. The third-order valence-corrected chi connectivity index (χ3v) is 2.69. The lowest BCUT2D eigenvalue weighted by Crippen LogP contribution is -2.18. The Bertz CT molecular complexity index is 472. The summed E-state index contributed by atoms with van der Waals surface area (Å²) < 4.78 is 5.34. The van der Waals surface area contributed by atoms with Crippen LogP contribution in [0.5, 0.6) is 5.75 Å². The first-order valence-electron chi connectivity index (χ1n) is 5.40. The lowest BCUT2D eigenvalue weighted by atomic mass is 10.2. The molecule has 0 heterocycles. The van der Waals surface area contributed by atoms with Crippen LogP contribution in [0.1, 0.15) is 5.56 Å². The Kier molecular flexibility index (Phi) is 5.04. The molecule has 0 aliphatic carbocycles. The monoisotopic (exact) mass is 269 g/mol. The largest absolute Gasteiger partial charge is 0.494 e. The van der Waals surface area contributed by atoms with Gasteiger partial charge in [-0.3, -0.25) is 0 Å². The number of rotatable bonds is 5. The normalized spacial score (nSPS) is 10.7. The van der Waals surface area contributed by atoms with Crippen molar-refractivity contribution in [2.24, 2.45) is 0 Å². The Labute approximate surface area is 111 Å². The van der Waals surface area contributed by atoms with Gasteiger partial charge in [-0.1, -0.05) is 17.7 Å². The molecular formula is C13H16ClNO3. The smallest absolute Gasteiger partial charge is 0.328 e. The van der Waals surface area contributed by atoms with E-state index in [1.165, 1.54) is 0 Å². The SMILES string of the molecule is COc1c(C)cc(Cl)cc1N(C)C/C=C/C(=O)O. The second-order valence-corrected chi connectivity index (χ2v) is 4.33. The molecule has 0 aliphatic rings. The van der Waals surface area contributed by atoms with Gasteiger partial charge in [0.25, 0.3) is 0 Å². The van der Waals surface area contributed by atoms with E-state index in [1.807, 2.05) is 24.9 Å². The van der Waals surface area contributed by atoms with Crippen LogP contribution in [0.25, 0.3) is 0 Å². The molecule has 4 nitrogen and oxygen atoms in total. The molecule has 98 valence electrons. The fourth-order valence-electron chi connectivity index (χ4n) is 1.67. The number of carboxylic acid groups (broad SMARTS) is 1. The van der Waals surface area contributed by atoms with Crippen LogP contribution in [0.15, 0.2) is 24.3 Å². The van der Waals surface area contributed by atoms with Gasteiger partial charge in [0.05, 0.1) is 12.8 Å². The lowest BCUT2D eigenvalue weighted by Gasteiger charge is -2.21. The van der Waals surface area contributed by atoms with Crippen LogP contribution < -0.4 is 9.64 Å². The summed E-state index contributed by atoms with van der Waals surface area (Å²) >= 11 is 6.01. The zero-order valence-corrected chi connectivity index (χ0v) is 11.4. The van der Waals surface area contributed by atoms with Gasteiger partial charge in [0.1, 0.15) is 5.75 Å². The number of methoxy groups -OCH3 is 1. The average Bonchev–Trinajstić information content (AvgIpc) is 2.27. The minimum absolute atomic E-state index is 0.461. The van der Waals surface area contributed by atoms with E-state index in [2.05, 4.69) is 0 Å². The van der Waals surface area contributed by atoms with Gasteiger partial charge in [-0.25, -0.2) is 4.79 Å². The van der Waals surface area contributed by atoms with Gasteiger partial charge in [-0.15, -0.1) is 0 Å². The summed E-state index contributed by atoms with van der Waals surface area (Å²) in [5.41, 5.74) is 1.77. The van der Waals surface area contributed by atoms with Gasteiger partial charge in [0.15, 0.2) is 0 Å². The summed E-state index contributed by atoms with van der Waals surface area (Å²) in [5, 5.41) is 9.16. The highest BCUT2D eigenvalue weighted by atomic mass is 35.5. The number of anilines is 1. The number of hydrogen-bond donors (Lipinski definition) is 1. The van der Waals surface area contributed by atoms with Crippen LogP contribution in [-0.2, 0) is 4.79 Å². The Balaban J connectivity index is 2.97. The molecule has 0 atom stereocenters. The van der Waals surface area contributed by atoms with Crippen molar-refractivity contribution in [2.75, 3.05) is 25.6 Å². The van der Waals surface area contributed by atoms with Gasteiger partial charge < -0.3 is 14.7 Å². The average molecular weight is 270 g/mol. The molecule has 0 aromatic heterocycles. The molecule has 0 radical (unpaired) electrons. The van der Waals surface area contributed by atoms with Crippen LogP contribution in [-0.4, -0.2) is 31.8 Å².